The number of nitrogens with zero attached hydrogens (tertiary/aromatic N) is 1. The van der Waals surface area contributed by atoms with E-state index < -0.39 is 5.97 Å². The van der Waals surface area contributed by atoms with Crippen molar-refractivity contribution < 1.29 is 19.0 Å². The minimum atomic E-state index is -0.444. The number of ether oxygens (including phenoxy) is 3. The lowest BCUT2D eigenvalue weighted by Crippen LogP contribution is -2.01. The summed E-state index contributed by atoms with van der Waals surface area (Å²) in [6, 6.07) is 13.7. The number of hydrogen-bond acceptors (Lipinski definition) is 5. The number of cyclic esters (lactones) is 1. The Labute approximate surface area is 152 Å². The van der Waals surface area contributed by atoms with Crippen LogP contribution in [0.25, 0.3) is 6.08 Å². The van der Waals surface area contributed by atoms with Gasteiger partial charge in [0.1, 0.15) is 6.61 Å². The van der Waals surface area contributed by atoms with E-state index in [0.717, 1.165) is 11.1 Å². The van der Waals surface area contributed by atoms with Crippen molar-refractivity contribution in [2.24, 2.45) is 4.99 Å². The molecule has 1 aliphatic rings. The molecule has 0 atom stereocenters. The minimum Gasteiger partial charge on any atom is -0.490 e. The van der Waals surface area contributed by atoms with E-state index >= 15 is 0 Å². The fourth-order valence-corrected chi connectivity index (χ4v) is 2.64. The van der Waals surface area contributed by atoms with E-state index in [4.69, 9.17) is 14.2 Å². The van der Waals surface area contributed by atoms with Crippen molar-refractivity contribution in [3.05, 3.63) is 64.9 Å². The number of benzene rings is 2. The van der Waals surface area contributed by atoms with Crippen molar-refractivity contribution in [3.8, 4) is 11.5 Å². The lowest BCUT2D eigenvalue weighted by molar-refractivity contribution is -0.130. The Hall–Kier alpha value is -3.08. The molecule has 1 heterocycles. The van der Waals surface area contributed by atoms with Crippen LogP contribution in [0.1, 0.15) is 30.5 Å². The SMILES string of the molecule is CCOc1cc(C=C2N=C(C)OC2=O)ccc1OCc1cccc(C)c1. The van der Waals surface area contributed by atoms with Crippen LogP contribution in [-0.4, -0.2) is 18.5 Å². The first-order valence-electron chi connectivity index (χ1n) is 8.49. The van der Waals surface area contributed by atoms with Gasteiger partial charge in [-0.05, 0) is 43.2 Å². The lowest BCUT2D eigenvalue weighted by atomic mass is 10.1. The van der Waals surface area contributed by atoms with Crippen molar-refractivity contribution >= 4 is 17.9 Å². The third-order valence-electron chi connectivity index (χ3n) is 3.78. The highest BCUT2D eigenvalue weighted by molar-refractivity contribution is 6.06. The van der Waals surface area contributed by atoms with E-state index in [9.17, 15) is 4.79 Å². The fourth-order valence-electron chi connectivity index (χ4n) is 2.64. The molecule has 26 heavy (non-hydrogen) atoms. The van der Waals surface area contributed by atoms with Crippen molar-refractivity contribution in [2.75, 3.05) is 6.61 Å². The lowest BCUT2D eigenvalue weighted by Gasteiger charge is -2.13. The molecule has 0 radical (unpaired) electrons. The number of carbonyl (C=O) groups excluding carboxylic acids is 1. The summed E-state index contributed by atoms with van der Waals surface area (Å²) in [4.78, 5) is 15.8. The van der Waals surface area contributed by atoms with Crippen LogP contribution in [-0.2, 0) is 16.1 Å². The van der Waals surface area contributed by atoms with Crippen LogP contribution >= 0.6 is 0 Å². The van der Waals surface area contributed by atoms with Crippen LogP contribution in [0.3, 0.4) is 0 Å². The van der Waals surface area contributed by atoms with Gasteiger partial charge in [0.25, 0.3) is 0 Å². The van der Waals surface area contributed by atoms with Gasteiger partial charge in [0.15, 0.2) is 23.1 Å². The Morgan fingerprint density at radius 1 is 1.08 bits per heavy atom. The Balaban J connectivity index is 1.80. The predicted molar refractivity (Wildman–Crippen MR) is 100 cm³/mol. The zero-order valence-electron chi connectivity index (χ0n) is 15.1. The summed E-state index contributed by atoms with van der Waals surface area (Å²) in [5.41, 5.74) is 3.36. The van der Waals surface area contributed by atoms with Crippen LogP contribution in [0.15, 0.2) is 53.2 Å². The van der Waals surface area contributed by atoms with Crippen LogP contribution < -0.4 is 9.47 Å². The quantitative estimate of drug-likeness (QED) is 0.575. The highest BCUT2D eigenvalue weighted by atomic mass is 16.6. The second kappa shape index (κ2) is 7.87. The highest BCUT2D eigenvalue weighted by Crippen LogP contribution is 2.30. The van der Waals surface area contributed by atoms with Gasteiger partial charge in [0, 0.05) is 6.92 Å². The Bertz CT molecular complexity index is 883. The fraction of sp³-hybridized carbons (Fsp3) is 0.238. The van der Waals surface area contributed by atoms with Crippen molar-refractivity contribution in [1.82, 2.24) is 0 Å². The summed E-state index contributed by atoms with van der Waals surface area (Å²) in [5, 5.41) is 0. The third kappa shape index (κ3) is 4.30. The minimum absolute atomic E-state index is 0.276. The summed E-state index contributed by atoms with van der Waals surface area (Å²) < 4.78 is 16.6. The molecule has 2 aromatic rings. The average Bonchev–Trinajstić information content (AvgIpc) is 2.92. The van der Waals surface area contributed by atoms with E-state index in [1.807, 2.05) is 37.3 Å². The van der Waals surface area contributed by atoms with Gasteiger partial charge in [-0.15, -0.1) is 0 Å². The molecular weight excluding hydrogens is 330 g/mol. The molecule has 5 nitrogen and oxygen atoms in total. The van der Waals surface area contributed by atoms with Gasteiger partial charge in [0.2, 0.25) is 0 Å². The summed E-state index contributed by atoms with van der Waals surface area (Å²) in [6.45, 7) is 6.58. The molecule has 0 unspecified atom stereocenters. The number of hydrogen-bond donors (Lipinski definition) is 0. The maximum Gasteiger partial charge on any atom is 0.363 e. The van der Waals surface area contributed by atoms with E-state index in [-0.39, 0.29) is 5.70 Å². The topological polar surface area (TPSA) is 57.1 Å². The second-order valence-corrected chi connectivity index (χ2v) is 5.97. The standard InChI is InChI=1S/C21H21NO4/c1-4-24-20-12-16(11-18-21(23)26-15(3)22-18)8-9-19(20)25-13-17-7-5-6-14(2)10-17/h5-12H,4,13H2,1-3H3. The third-order valence-corrected chi connectivity index (χ3v) is 3.78. The number of aryl methyl sites for hydroxylation is 1. The molecule has 1 aliphatic heterocycles. The Kier molecular flexibility index (Phi) is 5.37. The molecule has 5 heteroatoms. The molecule has 0 spiro atoms. The van der Waals surface area contributed by atoms with Crippen molar-refractivity contribution in [3.63, 3.8) is 0 Å². The van der Waals surface area contributed by atoms with E-state index in [0.29, 0.717) is 30.6 Å². The summed E-state index contributed by atoms with van der Waals surface area (Å²) in [7, 11) is 0. The van der Waals surface area contributed by atoms with Crippen LogP contribution in [0, 0.1) is 6.92 Å². The molecule has 0 N–H and O–H groups in total. The average molecular weight is 351 g/mol. The van der Waals surface area contributed by atoms with Gasteiger partial charge < -0.3 is 14.2 Å². The highest BCUT2D eigenvalue weighted by Gasteiger charge is 2.19. The first-order valence-corrected chi connectivity index (χ1v) is 8.49. The van der Waals surface area contributed by atoms with Crippen LogP contribution in [0.2, 0.25) is 0 Å². The zero-order chi connectivity index (χ0) is 18.5. The molecule has 0 aromatic heterocycles. The molecule has 2 aromatic carbocycles. The van der Waals surface area contributed by atoms with Gasteiger partial charge in [-0.25, -0.2) is 9.79 Å². The predicted octanol–water partition coefficient (Wildman–Crippen LogP) is 4.29. The number of rotatable bonds is 6. The largest absolute Gasteiger partial charge is 0.490 e. The summed E-state index contributed by atoms with van der Waals surface area (Å²) in [5.74, 6) is 1.19. The van der Waals surface area contributed by atoms with E-state index in [1.165, 1.54) is 5.56 Å². The maximum atomic E-state index is 11.7. The van der Waals surface area contributed by atoms with Crippen molar-refractivity contribution in [2.45, 2.75) is 27.4 Å². The second-order valence-electron chi connectivity index (χ2n) is 5.97. The number of aliphatic imine (C=N–C) groups is 1. The first-order chi connectivity index (χ1) is 12.5. The molecule has 0 fully saturated rings. The van der Waals surface area contributed by atoms with Gasteiger partial charge in [0.05, 0.1) is 6.61 Å². The van der Waals surface area contributed by atoms with Gasteiger partial charge >= 0.3 is 5.97 Å². The Morgan fingerprint density at radius 3 is 2.62 bits per heavy atom. The molecular formula is C21H21NO4. The molecule has 0 aliphatic carbocycles. The zero-order valence-corrected chi connectivity index (χ0v) is 15.1. The number of esters is 1. The smallest absolute Gasteiger partial charge is 0.363 e. The molecule has 0 bridgehead atoms. The van der Waals surface area contributed by atoms with E-state index in [2.05, 4.69) is 24.0 Å². The molecule has 0 saturated heterocycles. The van der Waals surface area contributed by atoms with Crippen molar-refractivity contribution in [1.29, 1.82) is 0 Å². The van der Waals surface area contributed by atoms with Crippen LogP contribution in [0.5, 0.6) is 11.5 Å². The van der Waals surface area contributed by atoms with Crippen LogP contribution in [0.4, 0.5) is 0 Å². The molecule has 3 rings (SSSR count). The molecule has 0 amide bonds. The van der Waals surface area contributed by atoms with Gasteiger partial charge in [-0.1, -0.05) is 35.9 Å². The first kappa shape index (κ1) is 17.7. The van der Waals surface area contributed by atoms with Gasteiger partial charge in [-0.2, -0.15) is 0 Å². The monoisotopic (exact) mass is 351 g/mol. The Morgan fingerprint density at radius 2 is 1.92 bits per heavy atom. The van der Waals surface area contributed by atoms with E-state index in [1.54, 1.807) is 13.0 Å². The number of carbonyl (C=O) groups is 1. The summed E-state index contributed by atoms with van der Waals surface area (Å²) >= 11 is 0. The maximum absolute atomic E-state index is 11.7. The van der Waals surface area contributed by atoms with Gasteiger partial charge in [-0.3, -0.25) is 0 Å². The molecule has 134 valence electrons. The normalized spacial score (nSPS) is 15.0. The summed E-state index contributed by atoms with van der Waals surface area (Å²) in [6.07, 6.45) is 1.67. The molecule has 0 saturated carbocycles.